The van der Waals surface area contributed by atoms with Gasteiger partial charge in [0.15, 0.2) is 11.0 Å². The molecule has 2 N–H and O–H groups in total. The maximum absolute atomic E-state index is 12.5. The van der Waals surface area contributed by atoms with Gasteiger partial charge in [0.2, 0.25) is 0 Å². The summed E-state index contributed by atoms with van der Waals surface area (Å²) in [6.45, 7) is 5.83. The molecule has 1 amide bonds. The monoisotopic (exact) mass is 500 g/mol. The molecule has 0 fully saturated rings. The molecule has 4 aromatic rings. The molecule has 1 heterocycles. The zero-order valence-electron chi connectivity index (χ0n) is 20.2. The second-order valence-electron chi connectivity index (χ2n) is 7.84. The first kappa shape index (κ1) is 25.0. The largest absolute Gasteiger partial charge is 0.507 e. The van der Waals surface area contributed by atoms with Crippen molar-refractivity contribution in [2.75, 3.05) is 23.7 Å². The molecule has 36 heavy (non-hydrogen) atoms. The van der Waals surface area contributed by atoms with E-state index in [1.807, 2.05) is 71.3 Å². The van der Waals surface area contributed by atoms with Crippen molar-refractivity contribution >= 4 is 29.6 Å². The quantitative estimate of drug-likeness (QED) is 0.186. The third-order valence-corrected chi connectivity index (χ3v) is 6.48. The molecule has 0 spiro atoms. The number of hydrogen-bond acceptors (Lipinski definition) is 7. The number of hydrogen-bond donors (Lipinski definition) is 2. The topological polar surface area (TPSA) is 95.6 Å². The SMILES string of the molecule is CCN(CC)c1ccc(/C=N/NC(=O)CSc2nnc(-c3ccccc3)n2-c2ccccc2)c(O)c1. The van der Waals surface area contributed by atoms with Crippen molar-refractivity contribution in [1.29, 1.82) is 0 Å². The molecule has 0 atom stereocenters. The first-order valence-electron chi connectivity index (χ1n) is 11.7. The Morgan fingerprint density at radius 2 is 1.72 bits per heavy atom. The Balaban J connectivity index is 1.43. The van der Waals surface area contributed by atoms with E-state index in [9.17, 15) is 9.90 Å². The number of carbonyl (C=O) groups excluding carboxylic acids is 1. The van der Waals surface area contributed by atoms with E-state index in [2.05, 4.69) is 39.5 Å². The highest BCUT2D eigenvalue weighted by molar-refractivity contribution is 7.99. The summed E-state index contributed by atoms with van der Waals surface area (Å²) in [7, 11) is 0. The predicted octanol–water partition coefficient (Wildman–Crippen LogP) is 4.73. The molecule has 9 heteroatoms. The van der Waals surface area contributed by atoms with E-state index in [1.54, 1.807) is 12.1 Å². The van der Waals surface area contributed by atoms with Gasteiger partial charge in [-0.15, -0.1) is 10.2 Å². The van der Waals surface area contributed by atoms with E-state index in [0.29, 0.717) is 16.5 Å². The zero-order chi connectivity index (χ0) is 25.3. The van der Waals surface area contributed by atoms with E-state index >= 15 is 0 Å². The number of nitrogens with zero attached hydrogens (tertiary/aromatic N) is 5. The number of thioether (sulfide) groups is 1. The highest BCUT2D eigenvalue weighted by atomic mass is 32.2. The minimum Gasteiger partial charge on any atom is -0.507 e. The van der Waals surface area contributed by atoms with Gasteiger partial charge in [0.25, 0.3) is 5.91 Å². The number of benzene rings is 3. The number of carbonyl (C=O) groups is 1. The van der Waals surface area contributed by atoms with E-state index in [4.69, 9.17) is 0 Å². The number of anilines is 1. The molecule has 0 aliphatic rings. The van der Waals surface area contributed by atoms with Crippen LogP contribution in [0.4, 0.5) is 5.69 Å². The number of phenols is 1. The zero-order valence-corrected chi connectivity index (χ0v) is 21.0. The van der Waals surface area contributed by atoms with Crippen molar-refractivity contribution in [1.82, 2.24) is 20.2 Å². The molecule has 0 bridgehead atoms. The number of phenolic OH excluding ortho intramolecular Hbond substituents is 1. The van der Waals surface area contributed by atoms with Gasteiger partial charge in [-0.3, -0.25) is 9.36 Å². The van der Waals surface area contributed by atoms with Crippen LogP contribution in [0.15, 0.2) is 89.1 Å². The van der Waals surface area contributed by atoms with Gasteiger partial charge < -0.3 is 10.0 Å². The number of aromatic nitrogens is 3. The summed E-state index contributed by atoms with van der Waals surface area (Å²) in [6, 6.07) is 25.0. The number of aromatic hydroxyl groups is 1. The van der Waals surface area contributed by atoms with Gasteiger partial charge in [-0.2, -0.15) is 5.10 Å². The second-order valence-corrected chi connectivity index (χ2v) is 8.78. The van der Waals surface area contributed by atoms with Crippen molar-refractivity contribution in [3.63, 3.8) is 0 Å². The average Bonchev–Trinajstić information content (AvgIpc) is 3.34. The predicted molar refractivity (Wildman–Crippen MR) is 145 cm³/mol. The Morgan fingerprint density at radius 1 is 1.03 bits per heavy atom. The van der Waals surface area contributed by atoms with Gasteiger partial charge in [-0.05, 0) is 38.1 Å². The highest BCUT2D eigenvalue weighted by Crippen LogP contribution is 2.28. The minimum atomic E-state index is -0.292. The number of hydrazone groups is 1. The van der Waals surface area contributed by atoms with Crippen molar-refractivity contribution in [3.05, 3.63) is 84.4 Å². The van der Waals surface area contributed by atoms with Gasteiger partial charge in [-0.25, -0.2) is 5.43 Å². The molecule has 0 aliphatic heterocycles. The molecule has 184 valence electrons. The first-order valence-corrected chi connectivity index (χ1v) is 12.7. The molecule has 0 saturated carbocycles. The summed E-state index contributed by atoms with van der Waals surface area (Å²) < 4.78 is 1.94. The van der Waals surface area contributed by atoms with Crippen LogP contribution in [0, 0.1) is 0 Å². The molecule has 0 saturated heterocycles. The lowest BCUT2D eigenvalue weighted by Gasteiger charge is -2.21. The Labute approximate surface area is 214 Å². The van der Waals surface area contributed by atoms with Crippen LogP contribution in [-0.2, 0) is 4.79 Å². The molecule has 0 aliphatic carbocycles. The van der Waals surface area contributed by atoms with E-state index < -0.39 is 0 Å². The van der Waals surface area contributed by atoms with E-state index in [0.717, 1.165) is 30.0 Å². The van der Waals surface area contributed by atoms with Crippen LogP contribution < -0.4 is 10.3 Å². The van der Waals surface area contributed by atoms with Crippen LogP contribution in [0.3, 0.4) is 0 Å². The van der Waals surface area contributed by atoms with Gasteiger partial charge in [-0.1, -0.05) is 60.3 Å². The fraction of sp³-hybridized carbons (Fsp3) is 0.185. The highest BCUT2D eigenvalue weighted by Gasteiger charge is 2.17. The first-order chi connectivity index (χ1) is 17.6. The van der Waals surface area contributed by atoms with Crippen LogP contribution in [0.1, 0.15) is 19.4 Å². The van der Waals surface area contributed by atoms with Crippen molar-refractivity contribution < 1.29 is 9.90 Å². The molecule has 1 aromatic heterocycles. The van der Waals surface area contributed by atoms with E-state index in [1.165, 1.54) is 18.0 Å². The maximum Gasteiger partial charge on any atom is 0.250 e. The minimum absolute atomic E-state index is 0.101. The summed E-state index contributed by atoms with van der Waals surface area (Å²) in [5, 5.41) is 23.7. The van der Waals surface area contributed by atoms with Crippen LogP contribution in [0.2, 0.25) is 0 Å². The average molecular weight is 501 g/mol. The number of nitrogens with one attached hydrogen (secondary N) is 1. The lowest BCUT2D eigenvalue weighted by molar-refractivity contribution is -0.118. The van der Waals surface area contributed by atoms with Crippen LogP contribution in [0.25, 0.3) is 17.1 Å². The summed E-state index contributed by atoms with van der Waals surface area (Å²) >= 11 is 1.27. The normalized spacial score (nSPS) is 11.1. The Bertz CT molecular complexity index is 1320. The Hall–Kier alpha value is -4.11. The summed E-state index contributed by atoms with van der Waals surface area (Å²) in [6.07, 6.45) is 1.43. The fourth-order valence-corrected chi connectivity index (χ4v) is 4.45. The standard InChI is InChI=1S/C27H28N6O2S/c1-3-32(4-2)23-16-15-21(24(34)17-23)18-28-29-25(35)19-36-27-31-30-26(20-11-7-5-8-12-20)33(27)22-13-9-6-10-14-22/h5-18,34H,3-4,19H2,1-2H3,(H,29,35)/b28-18+. The maximum atomic E-state index is 12.5. The number of para-hydroxylation sites is 1. The van der Waals surface area contributed by atoms with Crippen LogP contribution in [-0.4, -0.2) is 50.8 Å². The third-order valence-electron chi connectivity index (χ3n) is 5.55. The number of amides is 1. The van der Waals surface area contributed by atoms with Crippen LogP contribution in [0.5, 0.6) is 5.75 Å². The molecule has 3 aromatic carbocycles. The molecular formula is C27H28N6O2S. The smallest absolute Gasteiger partial charge is 0.250 e. The van der Waals surface area contributed by atoms with E-state index in [-0.39, 0.29) is 17.4 Å². The molecule has 4 rings (SSSR count). The van der Waals surface area contributed by atoms with Crippen molar-refractivity contribution in [3.8, 4) is 22.8 Å². The Kier molecular flexibility index (Phi) is 8.36. The van der Waals surface area contributed by atoms with Crippen molar-refractivity contribution in [2.24, 2.45) is 5.10 Å². The summed E-state index contributed by atoms with van der Waals surface area (Å²) in [5.74, 6) is 0.617. The van der Waals surface area contributed by atoms with Gasteiger partial charge >= 0.3 is 0 Å². The van der Waals surface area contributed by atoms with Gasteiger partial charge in [0.05, 0.1) is 12.0 Å². The molecular weight excluding hydrogens is 472 g/mol. The third kappa shape index (κ3) is 5.92. The molecule has 8 nitrogen and oxygen atoms in total. The lowest BCUT2D eigenvalue weighted by Crippen LogP contribution is -2.21. The fourth-order valence-electron chi connectivity index (χ4n) is 3.71. The molecule has 0 radical (unpaired) electrons. The lowest BCUT2D eigenvalue weighted by atomic mass is 10.2. The van der Waals surface area contributed by atoms with Crippen molar-refractivity contribution in [2.45, 2.75) is 19.0 Å². The van der Waals surface area contributed by atoms with Gasteiger partial charge in [0.1, 0.15) is 5.75 Å². The second kappa shape index (κ2) is 12.0. The number of rotatable bonds is 10. The molecule has 0 unspecified atom stereocenters. The van der Waals surface area contributed by atoms with Crippen LogP contribution >= 0.6 is 11.8 Å². The summed E-state index contributed by atoms with van der Waals surface area (Å²) in [4.78, 5) is 14.6. The van der Waals surface area contributed by atoms with Gasteiger partial charge in [0, 0.05) is 41.7 Å². The Morgan fingerprint density at radius 3 is 2.39 bits per heavy atom. The summed E-state index contributed by atoms with van der Waals surface area (Å²) in [5.41, 5.74) is 5.82.